The number of rotatable bonds is 8. The summed E-state index contributed by atoms with van der Waals surface area (Å²) >= 11 is 1.49. The SMILES string of the molecule is CCC1=C(C(=O)OC)C(c2ccccc2C)N2C(CC(=O)NCCN3CCOCC3)=CSC2=N1. The molecule has 1 amide bonds. The van der Waals surface area contributed by atoms with Crippen molar-refractivity contribution in [3.63, 3.8) is 0 Å². The second kappa shape index (κ2) is 11.2. The Hall–Kier alpha value is -2.62. The highest BCUT2D eigenvalue weighted by atomic mass is 32.2. The summed E-state index contributed by atoms with van der Waals surface area (Å²) in [5.41, 5.74) is 4.16. The Bertz CT molecular complexity index is 1030. The molecule has 1 N–H and O–H groups in total. The smallest absolute Gasteiger partial charge is 0.338 e. The molecule has 0 aromatic heterocycles. The fourth-order valence-electron chi connectivity index (χ4n) is 4.51. The second-order valence-electron chi connectivity index (χ2n) is 8.44. The molecule has 0 saturated carbocycles. The minimum atomic E-state index is -0.390. The average molecular weight is 485 g/mol. The van der Waals surface area contributed by atoms with Gasteiger partial charge in [0.1, 0.15) is 0 Å². The third-order valence-corrected chi connectivity index (χ3v) is 7.20. The van der Waals surface area contributed by atoms with Crippen LogP contribution in [0.3, 0.4) is 0 Å². The molecule has 3 aliphatic rings. The predicted octanol–water partition coefficient (Wildman–Crippen LogP) is 2.97. The van der Waals surface area contributed by atoms with Gasteiger partial charge in [0.25, 0.3) is 0 Å². The Kier molecular flexibility index (Phi) is 8.07. The van der Waals surface area contributed by atoms with Crippen LogP contribution >= 0.6 is 11.8 Å². The van der Waals surface area contributed by atoms with E-state index in [9.17, 15) is 9.59 Å². The van der Waals surface area contributed by atoms with Crippen molar-refractivity contribution in [1.29, 1.82) is 0 Å². The van der Waals surface area contributed by atoms with E-state index in [-0.39, 0.29) is 18.3 Å². The summed E-state index contributed by atoms with van der Waals surface area (Å²) in [6.45, 7) is 8.69. The number of ether oxygens (including phenoxy) is 2. The van der Waals surface area contributed by atoms with E-state index in [1.165, 1.54) is 18.9 Å². The highest BCUT2D eigenvalue weighted by Crippen LogP contribution is 2.46. The maximum Gasteiger partial charge on any atom is 0.338 e. The summed E-state index contributed by atoms with van der Waals surface area (Å²) in [6, 6.07) is 7.63. The molecule has 0 spiro atoms. The first-order chi connectivity index (χ1) is 16.5. The summed E-state index contributed by atoms with van der Waals surface area (Å²) in [5.74, 6) is -0.436. The number of morpholine rings is 1. The van der Waals surface area contributed by atoms with Gasteiger partial charge in [0.15, 0.2) is 5.17 Å². The normalized spacial score (nSPS) is 20.6. The van der Waals surface area contributed by atoms with E-state index < -0.39 is 6.04 Å². The molecule has 1 aromatic carbocycles. The first-order valence-electron chi connectivity index (χ1n) is 11.7. The van der Waals surface area contributed by atoms with Gasteiger partial charge in [-0.3, -0.25) is 9.69 Å². The van der Waals surface area contributed by atoms with Gasteiger partial charge in [0.2, 0.25) is 5.91 Å². The lowest BCUT2D eigenvalue weighted by atomic mass is 9.90. The van der Waals surface area contributed by atoms with Crippen molar-refractivity contribution in [2.24, 2.45) is 4.99 Å². The van der Waals surface area contributed by atoms with Gasteiger partial charge in [-0.05, 0) is 29.9 Å². The molecule has 0 bridgehead atoms. The fraction of sp³-hybridized carbons (Fsp3) is 0.480. The minimum Gasteiger partial charge on any atom is -0.466 e. The molecule has 3 aliphatic heterocycles. The predicted molar refractivity (Wildman–Crippen MR) is 133 cm³/mol. The highest BCUT2D eigenvalue weighted by Gasteiger charge is 2.41. The number of fused-ring (bicyclic) bond motifs is 1. The van der Waals surface area contributed by atoms with Crippen molar-refractivity contribution >= 4 is 28.8 Å². The Morgan fingerprint density at radius 1 is 1.26 bits per heavy atom. The van der Waals surface area contributed by atoms with E-state index in [1.807, 2.05) is 48.4 Å². The Morgan fingerprint density at radius 3 is 2.74 bits per heavy atom. The van der Waals surface area contributed by atoms with Crippen LogP contribution in [0, 0.1) is 6.92 Å². The van der Waals surface area contributed by atoms with Gasteiger partial charge < -0.3 is 19.7 Å². The van der Waals surface area contributed by atoms with Gasteiger partial charge in [-0.25, -0.2) is 9.79 Å². The number of nitrogens with one attached hydrogen (secondary N) is 1. The lowest BCUT2D eigenvalue weighted by Gasteiger charge is -2.37. The summed E-state index contributed by atoms with van der Waals surface area (Å²) in [4.78, 5) is 34.9. The molecule has 8 nitrogen and oxygen atoms in total. The standard InChI is InChI=1S/C25H32N4O4S/c1-4-20-22(24(31)32-3)23(19-8-6-5-7-17(19)2)29-18(16-34-25(29)27-20)15-21(30)26-9-10-28-11-13-33-14-12-28/h5-8,16,23H,4,9-15H2,1-3H3,(H,26,30). The lowest BCUT2D eigenvalue weighted by Crippen LogP contribution is -2.42. The quantitative estimate of drug-likeness (QED) is 0.568. The number of amidine groups is 1. The number of aliphatic imine (C=N–C) groups is 1. The zero-order chi connectivity index (χ0) is 24.1. The monoisotopic (exact) mass is 484 g/mol. The van der Waals surface area contributed by atoms with Gasteiger partial charge in [-0.15, -0.1) is 0 Å². The van der Waals surface area contributed by atoms with E-state index in [1.54, 1.807) is 0 Å². The van der Waals surface area contributed by atoms with Gasteiger partial charge in [-0.1, -0.05) is 43.0 Å². The van der Waals surface area contributed by atoms with Crippen LogP contribution in [0.2, 0.25) is 0 Å². The number of amides is 1. The minimum absolute atomic E-state index is 0.0465. The van der Waals surface area contributed by atoms with Gasteiger partial charge >= 0.3 is 5.97 Å². The van der Waals surface area contributed by atoms with Crippen molar-refractivity contribution < 1.29 is 19.1 Å². The maximum absolute atomic E-state index is 12.9. The Balaban J connectivity index is 1.55. The van der Waals surface area contributed by atoms with Crippen molar-refractivity contribution in [2.75, 3.05) is 46.5 Å². The average Bonchev–Trinajstić information content (AvgIpc) is 3.25. The van der Waals surface area contributed by atoms with E-state index in [0.29, 0.717) is 18.5 Å². The molecule has 1 fully saturated rings. The molecule has 1 saturated heterocycles. The van der Waals surface area contributed by atoms with E-state index >= 15 is 0 Å². The molecular weight excluding hydrogens is 452 g/mol. The van der Waals surface area contributed by atoms with Gasteiger partial charge in [0, 0.05) is 31.9 Å². The van der Waals surface area contributed by atoms with E-state index in [4.69, 9.17) is 14.5 Å². The first-order valence-corrected chi connectivity index (χ1v) is 12.6. The van der Waals surface area contributed by atoms with Crippen LogP contribution in [-0.2, 0) is 19.1 Å². The number of thioether (sulfide) groups is 1. The summed E-state index contributed by atoms with van der Waals surface area (Å²) in [7, 11) is 1.40. The van der Waals surface area contributed by atoms with E-state index in [0.717, 1.165) is 60.5 Å². The van der Waals surface area contributed by atoms with Crippen molar-refractivity contribution in [2.45, 2.75) is 32.7 Å². The number of hydrogen-bond acceptors (Lipinski definition) is 8. The number of aryl methyl sites for hydroxylation is 1. The summed E-state index contributed by atoms with van der Waals surface area (Å²) < 4.78 is 10.6. The van der Waals surface area contributed by atoms with Crippen molar-refractivity contribution in [3.8, 4) is 0 Å². The molecule has 0 radical (unpaired) electrons. The molecule has 9 heteroatoms. The van der Waals surface area contributed by atoms with Crippen LogP contribution in [0.15, 0.2) is 51.6 Å². The number of methoxy groups -OCH3 is 1. The van der Waals surface area contributed by atoms with Crippen LogP contribution in [0.1, 0.15) is 36.9 Å². The number of carbonyl (C=O) groups is 2. The molecule has 34 heavy (non-hydrogen) atoms. The molecule has 182 valence electrons. The van der Waals surface area contributed by atoms with Crippen LogP contribution < -0.4 is 5.32 Å². The van der Waals surface area contributed by atoms with E-state index in [2.05, 4.69) is 10.2 Å². The molecule has 1 aromatic rings. The van der Waals surface area contributed by atoms with Crippen molar-refractivity contribution in [3.05, 3.63) is 57.8 Å². The third-order valence-electron chi connectivity index (χ3n) is 6.31. The van der Waals surface area contributed by atoms with Gasteiger partial charge in [-0.2, -0.15) is 0 Å². The zero-order valence-electron chi connectivity index (χ0n) is 20.0. The lowest BCUT2D eigenvalue weighted by molar-refractivity contribution is -0.136. The van der Waals surface area contributed by atoms with Crippen LogP contribution in [0.25, 0.3) is 0 Å². The molecule has 1 atom stereocenters. The van der Waals surface area contributed by atoms with Gasteiger partial charge in [0.05, 0.1) is 44.1 Å². The van der Waals surface area contributed by atoms with Crippen LogP contribution in [-0.4, -0.2) is 73.3 Å². The van der Waals surface area contributed by atoms with Crippen LogP contribution in [0.4, 0.5) is 0 Å². The number of nitrogens with zero attached hydrogens (tertiary/aromatic N) is 3. The number of allylic oxidation sites excluding steroid dienone is 1. The molecule has 0 aliphatic carbocycles. The largest absolute Gasteiger partial charge is 0.466 e. The third kappa shape index (κ3) is 5.21. The number of esters is 1. The maximum atomic E-state index is 12.9. The molecule has 3 heterocycles. The van der Waals surface area contributed by atoms with Crippen LogP contribution in [0.5, 0.6) is 0 Å². The summed E-state index contributed by atoms with van der Waals surface area (Å²) in [6.07, 6.45) is 0.829. The number of carbonyl (C=O) groups excluding carboxylic acids is 2. The number of benzene rings is 1. The zero-order valence-corrected chi connectivity index (χ0v) is 20.8. The molecule has 4 rings (SSSR count). The topological polar surface area (TPSA) is 83.5 Å². The first kappa shape index (κ1) is 24.5. The fourth-order valence-corrected chi connectivity index (χ4v) is 5.44. The second-order valence-corrected chi connectivity index (χ2v) is 9.27. The molecule has 1 unspecified atom stereocenters. The Morgan fingerprint density at radius 2 is 2.03 bits per heavy atom. The summed E-state index contributed by atoms with van der Waals surface area (Å²) in [5, 5.41) is 5.80. The Labute approximate surface area is 205 Å². The highest BCUT2D eigenvalue weighted by molar-refractivity contribution is 8.16. The molecular formula is C25H32N4O4S. The number of hydrogen-bond donors (Lipinski definition) is 1. The van der Waals surface area contributed by atoms with Crippen molar-refractivity contribution in [1.82, 2.24) is 15.1 Å².